The number of aryl methyl sites for hydroxylation is 1. The first-order chi connectivity index (χ1) is 13.2. The number of nitrogens with one attached hydrogen (secondary N) is 1. The average molecular weight is 410 g/mol. The molecule has 3 rings (SSSR count). The number of amides is 1. The van der Waals surface area contributed by atoms with Crippen molar-refractivity contribution in [3.63, 3.8) is 0 Å². The van der Waals surface area contributed by atoms with Crippen molar-refractivity contribution >= 4 is 23.2 Å². The van der Waals surface area contributed by atoms with Gasteiger partial charge in [0.2, 0.25) is 0 Å². The Bertz CT molecular complexity index is 1010. The lowest BCUT2D eigenvalue weighted by molar-refractivity contribution is -0.141. The second-order valence-corrected chi connectivity index (χ2v) is 6.36. The van der Waals surface area contributed by atoms with Crippen LogP contribution in [0, 0.1) is 6.92 Å². The fraction of sp³-hybridized carbons (Fsp3) is 0.158. The van der Waals surface area contributed by atoms with E-state index < -0.39 is 17.8 Å². The molecule has 0 aliphatic heterocycles. The van der Waals surface area contributed by atoms with Gasteiger partial charge in [0.05, 0.1) is 7.11 Å². The second-order valence-electron chi connectivity index (χ2n) is 5.93. The van der Waals surface area contributed by atoms with Crippen LogP contribution in [0.25, 0.3) is 5.69 Å². The molecule has 0 saturated carbocycles. The van der Waals surface area contributed by atoms with Gasteiger partial charge in [-0.1, -0.05) is 11.6 Å². The molecule has 9 heteroatoms. The van der Waals surface area contributed by atoms with E-state index in [2.05, 4.69) is 10.4 Å². The number of nitrogens with zero attached hydrogens (tertiary/aromatic N) is 2. The van der Waals surface area contributed by atoms with Crippen molar-refractivity contribution in [2.75, 3.05) is 12.4 Å². The minimum atomic E-state index is -4.55. The van der Waals surface area contributed by atoms with Crippen LogP contribution in [0.2, 0.25) is 5.02 Å². The molecule has 5 nitrogen and oxygen atoms in total. The molecule has 28 heavy (non-hydrogen) atoms. The van der Waals surface area contributed by atoms with E-state index in [0.717, 1.165) is 10.7 Å². The molecule has 1 aromatic heterocycles. The lowest BCUT2D eigenvalue weighted by atomic mass is 10.1. The van der Waals surface area contributed by atoms with Gasteiger partial charge < -0.3 is 10.1 Å². The molecule has 0 unspecified atom stereocenters. The fourth-order valence-corrected chi connectivity index (χ4v) is 2.71. The Morgan fingerprint density at radius 3 is 2.39 bits per heavy atom. The van der Waals surface area contributed by atoms with Crippen molar-refractivity contribution in [1.29, 1.82) is 0 Å². The van der Waals surface area contributed by atoms with Crippen molar-refractivity contribution in [3.8, 4) is 11.4 Å². The summed E-state index contributed by atoms with van der Waals surface area (Å²) in [4.78, 5) is 12.4. The summed E-state index contributed by atoms with van der Waals surface area (Å²) < 4.78 is 45.1. The molecule has 3 aromatic rings. The van der Waals surface area contributed by atoms with Gasteiger partial charge in [0.25, 0.3) is 5.91 Å². The highest BCUT2D eigenvalue weighted by molar-refractivity contribution is 6.30. The largest absolute Gasteiger partial charge is 0.494 e. The van der Waals surface area contributed by atoms with Gasteiger partial charge in [0.15, 0.2) is 5.69 Å². The molecule has 0 radical (unpaired) electrons. The van der Waals surface area contributed by atoms with E-state index in [0.29, 0.717) is 16.4 Å². The summed E-state index contributed by atoms with van der Waals surface area (Å²) in [6.45, 7) is 1.50. The Morgan fingerprint density at radius 2 is 1.82 bits per heavy atom. The van der Waals surface area contributed by atoms with Crippen LogP contribution in [0.3, 0.4) is 0 Å². The molecule has 0 spiro atoms. The standard InChI is InChI=1S/C19H15ClF3N3O2/c1-11-9-17(19(21,22)23)25-26(11)15-8-3-12(10-16(15)28-2)18(27)24-14-6-4-13(20)5-7-14/h3-10H,1-2H3,(H,24,27). The number of carbonyl (C=O) groups is 1. The van der Waals surface area contributed by atoms with Crippen molar-refractivity contribution in [1.82, 2.24) is 9.78 Å². The van der Waals surface area contributed by atoms with Gasteiger partial charge in [-0.2, -0.15) is 18.3 Å². The molecule has 0 atom stereocenters. The van der Waals surface area contributed by atoms with Crippen LogP contribution in [0.4, 0.5) is 18.9 Å². The third kappa shape index (κ3) is 4.12. The van der Waals surface area contributed by atoms with Gasteiger partial charge in [-0.25, -0.2) is 4.68 Å². The monoisotopic (exact) mass is 409 g/mol. The number of anilines is 1. The minimum absolute atomic E-state index is 0.212. The summed E-state index contributed by atoms with van der Waals surface area (Å²) in [6.07, 6.45) is -4.55. The van der Waals surface area contributed by atoms with E-state index in [1.807, 2.05) is 0 Å². The molecular weight excluding hydrogens is 395 g/mol. The maximum absolute atomic E-state index is 12.9. The lowest BCUT2D eigenvalue weighted by Crippen LogP contribution is -2.13. The van der Waals surface area contributed by atoms with Gasteiger partial charge in [-0.3, -0.25) is 4.79 Å². The van der Waals surface area contributed by atoms with E-state index in [9.17, 15) is 18.0 Å². The molecule has 0 aliphatic rings. The normalized spacial score (nSPS) is 11.4. The molecular formula is C19H15ClF3N3O2. The van der Waals surface area contributed by atoms with Crippen LogP contribution < -0.4 is 10.1 Å². The quantitative estimate of drug-likeness (QED) is 0.651. The Balaban J connectivity index is 1.91. The predicted molar refractivity (Wildman–Crippen MR) is 99.3 cm³/mol. The van der Waals surface area contributed by atoms with Crippen molar-refractivity contribution in [3.05, 3.63) is 70.5 Å². The van der Waals surface area contributed by atoms with E-state index in [-0.39, 0.29) is 17.0 Å². The Morgan fingerprint density at radius 1 is 1.14 bits per heavy atom. The molecule has 146 valence electrons. The van der Waals surface area contributed by atoms with Crippen LogP contribution in [0.5, 0.6) is 5.75 Å². The van der Waals surface area contributed by atoms with Crippen LogP contribution in [0.1, 0.15) is 21.7 Å². The van der Waals surface area contributed by atoms with Crippen LogP contribution in [-0.2, 0) is 6.18 Å². The molecule has 1 amide bonds. The molecule has 1 heterocycles. The van der Waals surface area contributed by atoms with Crippen LogP contribution in [-0.4, -0.2) is 22.8 Å². The number of hydrogen-bond donors (Lipinski definition) is 1. The number of alkyl halides is 3. The number of methoxy groups -OCH3 is 1. The van der Waals surface area contributed by atoms with Crippen LogP contribution >= 0.6 is 11.6 Å². The number of rotatable bonds is 4. The summed E-state index contributed by atoms with van der Waals surface area (Å²) in [5, 5.41) is 6.85. The Labute approximate surface area is 163 Å². The van der Waals surface area contributed by atoms with E-state index in [1.165, 1.54) is 32.2 Å². The minimum Gasteiger partial charge on any atom is -0.494 e. The Hall–Kier alpha value is -3.00. The van der Waals surface area contributed by atoms with Gasteiger partial charge in [-0.15, -0.1) is 0 Å². The first kappa shape index (κ1) is 19.8. The van der Waals surface area contributed by atoms with Crippen molar-refractivity contribution in [2.45, 2.75) is 13.1 Å². The topological polar surface area (TPSA) is 56.1 Å². The SMILES string of the molecule is COc1cc(C(=O)Nc2ccc(Cl)cc2)ccc1-n1nc(C(F)(F)F)cc1C. The van der Waals surface area contributed by atoms with Gasteiger partial charge in [0.1, 0.15) is 11.4 Å². The summed E-state index contributed by atoms with van der Waals surface area (Å²) >= 11 is 5.82. The molecule has 0 aliphatic carbocycles. The van der Waals surface area contributed by atoms with E-state index in [4.69, 9.17) is 16.3 Å². The molecule has 2 aromatic carbocycles. The smallest absolute Gasteiger partial charge is 0.435 e. The zero-order valence-electron chi connectivity index (χ0n) is 14.8. The summed E-state index contributed by atoms with van der Waals surface area (Å²) in [7, 11) is 1.36. The third-order valence-electron chi connectivity index (χ3n) is 3.95. The van der Waals surface area contributed by atoms with Gasteiger partial charge in [-0.05, 0) is 55.5 Å². The highest BCUT2D eigenvalue weighted by atomic mass is 35.5. The highest BCUT2D eigenvalue weighted by Crippen LogP contribution is 2.31. The summed E-state index contributed by atoms with van der Waals surface area (Å²) in [5.74, 6) is -0.191. The van der Waals surface area contributed by atoms with E-state index >= 15 is 0 Å². The molecule has 1 N–H and O–H groups in total. The fourth-order valence-electron chi connectivity index (χ4n) is 2.59. The zero-order valence-corrected chi connectivity index (χ0v) is 15.6. The Kier molecular flexibility index (Phi) is 5.33. The first-order valence-electron chi connectivity index (χ1n) is 8.08. The maximum atomic E-state index is 12.9. The zero-order chi connectivity index (χ0) is 20.5. The van der Waals surface area contributed by atoms with Crippen molar-refractivity contribution in [2.24, 2.45) is 0 Å². The molecule has 0 saturated heterocycles. The second kappa shape index (κ2) is 7.55. The van der Waals surface area contributed by atoms with E-state index in [1.54, 1.807) is 24.3 Å². The summed E-state index contributed by atoms with van der Waals surface area (Å²) in [5.41, 5.74) is 0.394. The van der Waals surface area contributed by atoms with Crippen molar-refractivity contribution < 1.29 is 22.7 Å². The van der Waals surface area contributed by atoms with Gasteiger partial charge in [0, 0.05) is 22.0 Å². The maximum Gasteiger partial charge on any atom is 0.435 e. The van der Waals surface area contributed by atoms with Crippen LogP contribution in [0.15, 0.2) is 48.5 Å². The highest BCUT2D eigenvalue weighted by Gasteiger charge is 2.34. The predicted octanol–water partition coefficient (Wildman–Crippen LogP) is 5.11. The number of carbonyl (C=O) groups excluding carboxylic acids is 1. The number of halogens is 4. The molecule has 0 fully saturated rings. The summed E-state index contributed by atoms with van der Waals surface area (Å²) in [6, 6.07) is 11.9. The first-order valence-corrected chi connectivity index (χ1v) is 8.46. The number of aromatic nitrogens is 2. The third-order valence-corrected chi connectivity index (χ3v) is 4.20. The number of ether oxygens (including phenoxy) is 1. The lowest BCUT2D eigenvalue weighted by Gasteiger charge is -2.12. The molecule has 0 bridgehead atoms. The number of benzene rings is 2. The average Bonchev–Trinajstić information content (AvgIpc) is 3.05. The van der Waals surface area contributed by atoms with Gasteiger partial charge >= 0.3 is 6.18 Å². The number of hydrogen-bond acceptors (Lipinski definition) is 3.